The van der Waals surface area contributed by atoms with Gasteiger partial charge in [-0.3, -0.25) is 4.68 Å². The van der Waals surface area contributed by atoms with Crippen LogP contribution in [0.3, 0.4) is 0 Å². The highest BCUT2D eigenvalue weighted by molar-refractivity contribution is 5.11. The Bertz CT molecular complexity index is 386. The van der Waals surface area contributed by atoms with Crippen molar-refractivity contribution in [2.24, 2.45) is 0 Å². The summed E-state index contributed by atoms with van der Waals surface area (Å²) in [4.78, 5) is 2.11. The minimum Gasteiger partial charge on any atom is -0.391 e. The molecule has 2 unspecified atom stereocenters. The second-order valence-electron chi connectivity index (χ2n) is 5.42. The van der Waals surface area contributed by atoms with E-state index in [-0.39, 0.29) is 11.6 Å². The molecule has 0 fully saturated rings. The minimum atomic E-state index is -0.390. The maximum absolute atomic E-state index is 10.5. The van der Waals surface area contributed by atoms with E-state index in [1.54, 1.807) is 0 Å². The van der Waals surface area contributed by atoms with Crippen molar-refractivity contribution in [3.63, 3.8) is 0 Å². The van der Waals surface area contributed by atoms with Crippen molar-refractivity contribution in [2.45, 2.75) is 58.7 Å². The Morgan fingerprint density at radius 2 is 2.06 bits per heavy atom. The molecule has 0 aromatic carbocycles. The van der Waals surface area contributed by atoms with Crippen molar-refractivity contribution < 1.29 is 5.11 Å². The molecule has 4 nitrogen and oxygen atoms in total. The molecule has 1 N–H and O–H groups in total. The van der Waals surface area contributed by atoms with Crippen LogP contribution < -0.4 is 0 Å². The molecule has 2 atom stereocenters. The molecule has 0 aliphatic heterocycles. The van der Waals surface area contributed by atoms with Crippen LogP contribution in [0.15, 0.2) is 6.07 Å². The fourth-order valence-corrected chi connectivity index (χ4v) is 2.31. The summed E-state index contributed by atoms with van der Waals surface area (Å²) in [5, 5.41) is 15.0. The maximum atomic E-state index is 10.5. The Labute approximate surface area is 111 Å². The molecule has 0 radical (unpaired) electrons. The molecule has 0 spiro atoms. The number of hydrogen-bond acceptors (Lipinski definition) is 3. The standard InChI is InChI=1S/C14H27N3O/c1-7-14(4,16(5)6)13(18)10-12-9-11(3)15-17(12)8-2/h9,13,18H,7-8,10H2,1-6H3. The van der Waals surface area contributed by atoms with Crippen LogP contribution in [-0.4, -0.2) is 45.5 Å². The Morgan fingerprint density at radius 3 is 2.50 bits per heavy atom. The zero-order valence-electron chi connectivity index (χ0n) is 12.6. The molecule has 0 saturated heterocycles. The van der Waals surface area contributed by atoms with Crippen LogP contribution in [0.4, 0.5) is 0 Å². The van der Waals surface area contributed by atoms with Crippen LogP contribution in [0.1, 0.15) is 38.6 Å². The first-order valence-corrected chi connectivity index (χ1v) is 6.74. The topological polar surface area (TPSA) is 41.3 Å². The lowest BCUT2D eigenvalue weighted by atomic mass is 9.87. The van der Waals surface area contributed by atoms with Gasteiger partial charge in [-0.15, -0.1) is 0 Å². The third-order valence-corrected chi connectivity index (χ3v) is 4.14. The van der Waals surface area contributed by atoms with E-state index in [2.05, 4.69) is 36.8 Å². The van der Waals surface area contributed by atoms with Crippen molar-refractivity contribution in [2.75, 3.05) is 14.1 Å². The fraction of sp³-hybridized carbons (Fsp3) is 0.786. The lowest BCUT2D eigenvalue weighted by molar-refractivity contribution is 0.00190. The monoisotopic (exact) mass is 253 g/mol. The Balaban J connectivity index is 2.89. The highest BCUT2D eigenvalue weighted by Crippen LogP contribution is 2.24. The number of aliphatic hydroxyl groups is 1. The molecule has 1 aromatic heterocycles. The highest BCUT2D eigenvalue weighted by atomic mass is 16.3. The molecule has 0 amide bonds. The summed E-state index contributed by atoms with van der Waals surface area (Å²) in [6.45, 7) is 9.14. The van der Waals surface area contributed by atoms with E-state index in [9.17, 15) is 5.11 Å². The second-order valence-corrected chi connectivity index (χ2v) is 5.42. The van der Waals surface area contributed by atoms with E-state index in [4.69, 9.17) is 0 Å². The van der Waals surface area contributed by atoms with Gasteiger partial charge in [0.05, 0.1) is 11.8 Å². The summed E-state index contributed by atoms with van der Waals surface area (Å²) in [5.74, 6) is 0. The zero-order valence-corrected chi connectivity index (χ0v) is 12.6. The molecule has 1 rings (SSSR count). The molecule has 4 heteroatoms. The predicted molar refractivity (Wildman–Crippen MR) is 74.7 cm³/mol. The van der Waals surface area contributed by atoms with Gasteiger partial charge in [-0.1, -0.05) is 6.92 Å². The van der Waals surface area contributed by atoms with Crippen molar-refractivity contribution in [1.29, 1.82) is 0 Å². The first kappa shape index (κ1) is 15.2. The third-order valence-electron chi connectivity index (χ3n) is 4.14. The number of likely N-dealkylation sites (N-methyl/N-ethyl adjacent to an activating group) is 1. The summed E-state index contributed by atoms with van der Waals surface area (Å²) in [7, 11) is 4.05. The van der Waals surface area contributed by atoms with Gasteiger partial charge in [0.25, 0.3) is 0 Å². The largest absolute Gasteiger partial charge is 0.391 e. The quantitative estimate of drug-likeness (QED) is 0.841. The van der Waals surface area contributed by atoms with Gasteiger partial charge in [0.2, 0.25) is 0 Å². The van der Waals surface area contributed by atoms with Gasteiger partial charge in [-0.05, 0) is 47.4 Å². The predicted octanol–water partition coefficient (Wildman–Crippen LogP) is 1.85. The van der Waals surface area contributed by atoms with Crippen LogP contribution in [0.2, 0.25) is 0 Å². The molecular weight excluding hydrogens is 226 g/mol. The molecule has 0 saturated carbocycles. The van der Waals surface area contributed by atoms with Gasteiger partial charge in [0, 0.05) is 24.2 Å². The number of hydrogen-bond donors (Lipinski definition) is 1. The van der Waals surface area contributed by atoms with Gasteiger partial charge in [-0.25, -0.2) is 0 Å². The molecule has 18 heavy (non-hydrogen) atoms. The Kier molecular flexibility index (Phi) is 4.93. The van der Waals surface area contributed by atoms with E-state index in [1.807, 2.05) is 25.7 Å². The van der Waals surface area contributed by atoms with E-state index in [0.717, 1.165) is 24.4 Å². The van der Waals surface area contributed by atoms with Gasteiger partial charge in [0.1, 0.15) is 0 Å². The first-order valence-electron chi connectivity index (χ1n) is 6.74. The van der Waals surface area contributed by atoms with Crippen LogP contribution in [0, 0.1) is 6.92 Å². The highest BCUT2D eigenvalue weighted by Gasteiger charge is 2.34. The molecular formula is C14H27N3O. The van der Waals surface area contributed by atoms with Gasteiger partial charge in [-0.2, -0.15) is 5.10 Å². The van der Waals surface area contributed by atoms with Crippen molar-refractivity contribution >= 4 is 0 Å². The molecule has 0 aliphatic rings. The van der Waals surface area contributed by atoms with Crippen molar-refractivity contribution in [3.05, 3.63) is 17.5 Å². The van der Waals surface area contributed by atoms with Crippen molar-refractivity contribution in [1.82, 2.24) is 14.7 Å². The van der Waals surface area contributed by atoms with Crippen LogP contribution in [0.25, 0.3) is 0 Å². The van der Waals surface area contributed by atoms with E-state index in [1.165, 1.54) is 0 Å². The Morgan fingerprint density at radius 1 is 1.44 bits per heavy atom. The summed E-state index contributed by atoms with van der Waals surface area (Å²) in [6.07, 6.45) is 1.18. The SMILES string of the molecule is CCn1nc(C)cc1CC(O)C(C)(CC)N(C)C. The lowest BCUT2D eigenvalue weighted by Crippen LogP contribution is -2.51. The summed E-state index contributed by atoms with van der Waals surface area (Å²) in [5.41, 5.74) is 1.93. The smallest absolute Gasteiger partial charge is 0.0775 e. The van der Waals surface area contributed by atoms with E-state index >= 15 is 0 Å². The third kappa shape index (κ3) is 2.93. The lowest BCUT2D eigenvalue weighted by Gasteiger charge is -2.40. The van der Waals surface area contributed by atoms with Crippen LogP contribution in [0.5, 0.6) is 0 Å². The maximum Gasteiger partial charge on any atom is 0.0775 e. The van der Waals surface area contributed by atoms with Gasteiger partial charge in [0.15, 0.2) is 0 Å². The number of aliphatic hydroxyl groups excluding tert-OH is 1. The molecule has 104 valence electrons. The second kappa shape index (κ2) is 5.85. The number of aromatic nitrogens is 2. The minimum absolute atomic E-state index is 0.198. The number of aryl methyl sites for hydroxylation is 2. The van der Waals surface area contributed by atoms with Crippen molar-refractivity contribution in [3.8, 4) is 0 Å². The first-order chi connectivity index (χ1) is 8.35. The molecule has 1 aromatic rings. The average Bonchev–Trinajstić information content (AvgIpc) is 2.67. The number of nitrogens with zero attached hydrogens (tertiary/aromatic N) is 3. The summed E-state index contributed by atoms with van der Waals surface area (Å²) >= 11 is 0. The van der Waals surface area contributed by atoms with Crippen LogP contribution in [-0.2, 0) is 13.0 Å². The molecule has 0 aliphatic carbocycles. The summed E-state index contributed by atoms with van der Waals surface area (Å²) in [6, 6.07) is 2.07. The Hall–Kier alpha value is -0.870. The van der Waals surface area contributed by atoms with Crippen LogP contribution >= 0.6 is 0 Å². The number of rotatable bonds is 6. The molecule has 1 heterocycles. The zero-order chi connectivity index (χ0) is 13.9. The van der Waals surface area contributed by atoms with E-state index < -0.39 is 0 Å². The van der Waals surface area contributed by atoms with Gasteiger partial charge >= 0.3 is 0 Å². The molecule has 0 bridgehead atoms. The fourth-order valence-electron chi connectivity index (χ4n) is 2.31. The van der Waals surface area contributed by atoms with E-state index in [0.29, 0.717) is 6.42 Å². The normalized spacial score (nSPS) is 16.9. The summed E-state index contributed by atoms with van der Waals surface area (Å²) < 4.78 is 1.98. The van der Waals surface area contributed by atoms with Gasteiger partial charge < -0.3 is 10.0 Å². The average molecular weight is 253 g/mol.